The zero-order valence-electron chi connectivity index (χ0n) is 37.2. The molecule has 0 saturated heterocycles. The van der Waals surface area contributed by atoms with Gasteiger partial charge in [0.2, 0.25) is 0 Å². The molecule has 6 rings (SSSR count). The van der Waals surface area contributed by atoms with Gasteiger partial charge in [0.1, 0.15) is 0 Å². The van der Waals surface area contributed by atoms with E-state index in [1.807, 2.05) is 0 Å². The van der Waals surface area contributed by atoms with Gasteiger partial charge in [0, 0.05) is 0 Å². The number of aryl methyl sites for hydroxylation is 2. The molecule has 0 heterocycles. The third-order valence-electron chi connectivity index (χ3n) is 13.5. The van der Waals surface area contributed by atoms with Gasteiger partial charge in [-0.15, -0.1) is 0 Å². The van der Waals surface area contributed by atoms with Gasteiger partial charge in [0.05, 0.1) is 0 Å². The third-order valence-corrected chi connectivity index (χ3v) is 40.4. The quantitative estimate of drug-likeness (QED) is 0.101. The van der Waals surface area contributed by atoms with E-state index in [9.17, 15) is 17.0 Å². The van der Waals surface area contributed by atoms with Crippen molar-refractivity contribution < 1.29 is 16.2 Å². The summed E-state index contributed by atoms with van der Waals surface area (Å²) in [7, 11) is 14.8. The molecule has 303 valence electrons. The van der Waals surface area contributed by atoms with Crippen molar-refractivity contribution in [1.29, 1.82) is 0 Å². The number of hydrogen-bond acceptors (Lipinski definition) is 1. The molecule has 0 amide bonds. The first kappa shape index (κ1) is 44.8. The molecule has 2 aliphatic carbocycles. The fourth-order valence-electron chi connectivity index (χ4n) is 10.6. The molecule has 57 heavy (non-hydrogen) atoms. The molecule has 0 saturated carbocycles. The maximum atomic E-state index is 9.32. The summed E-state index contributed by atoms with van der Waals surface area (Å²) in [6, 6.07) is 32.3. The number of nitrogens with zero attached hydrogens (tertiary/aromatic N) is 1. The van der Waals surface area contributed by atoms with Gasteiger partial charge in [-0.2, -0.15) is 0 Å². The molecule has 0 bridgehead atoms. The van der Waals surface area contributed by atoms with E-state index >= 15 is 0 Å². The molecule has 0 N–H and O–H groups in total. The molecule has 0 radical (unpaired) electrons. The van der Waals surface area contributed by atoms with Gasteiger partial charge in [-0.3, -0.25) is 0 Å². The van der Waals surface area contributed by atoms with Crippen molar-refractivity contribution >= 4 is 50.6 Å². The Labute approximate surface area is 358 Å². The second-order valence-corrected chi connectivity index (χ2v) is 51.7. The van der Waals surface area contributed by atoms with Crippen LogP contribution >= 0.6 is 17.0 Å². The van der Waals surface area contributed by atoms with Crippen LogP contribution in [0.2, 0.25) is 39.3 Å². The van der Waals surface area contributed by atoms with Crippen LogP contribution in [0.3, 0.4) is 0 Å². The molecule has 2 aliphatic rings. The van der Waals surface area contributed by atoms with Crippen LogP contribution in [0.1, 0.15) is 108 Å². The van der Waals surface area contributed by atoms with Crippen molar-refractivity contribution in [2.45, 2.75) is 127 Å². The van der Waals surface area contributed by atoms with E-state index in [0.29, 0.717) is 11.8 Å². The Morgan fingerprint density at radius 1 is 0.561 bits per heavy atom. The van der Waals surface area contributed by atoms with E-state index in [0.717, 1.165) is 43.5 Å². The van der Waals surface area contributed by atoms with E-state index < -0.39 is 32.6 Å². The summed E-state index contributed by atoms with van der Waals surface area (Å²) >= 11 is -5.39. The van der Waals surface area contributed by atoms with Crippen LogP contribution in [-0.4, -0.2) is 25.6 Å². The van der Waals surface area contributed by atoms with Crippen molar-refractivity contribution in [3.05, 3.63) is 129 Å². The molecule has 4 unspecified atom stereocenters. The van der Waals surface area contributed by atoms with Gasteiger partial charge in [0.15, 0.2) is 0 Å². The number of benzene rings is 4. The summed E-state index contributed by atoms with van der Waals surface area (Å²) < 4.78 is 2.95. The SMILES string of the molecule is CCCc1ccccc1-c1cccc2c1C=C(C(C)CC)[CH]2[Zr]([Cl])([Cl])([BH]N([Si](C)(C)C)[Si](C)(C)C)[CH]1C(C(C)CC)=Cc2c(-c3ccccc3CCC)cccc21. The summed E-state index contributed by atoms with van der Waals surface area (Å²) in [6.07, 6.45) is 11.6. The summed E-state index contributed by atoms with van der Waals surface area (Å²) in [5.41, 5.74) is 16.6. The van der Waals surface area contributed by atoms with E-state index in [-0.39, 0.29) is 7.25 Å². The first-order valence-corrected chi connectivity index (χ1v) is 39.9. The van der Waals surface area contributed by atoms with Crippen LogP contribution in [0.4, 0.5) is 0 Å². The van der Waals surface area contributed by atoms with E-state index in [2.05, 4.69) is 182 Å². The second kappa shape index (κ2) is 17.3. The molecular weight excluding hydrogens is 844 g/mol. The molecule has 4 atom stereocenters. The fourth-order valence-corrected chi connectivity index (χ4v) is 52.9. The van der Waals surface area contributed by atoms with Crippen LogP contribution in [0, 0.1) is 11.8 Å². The predicted octanol–water partition coefficient (Wildman–Crippen LogP) is 15.8. The van der Waals surface area contributed by atoms with Gasteiger partial charge in [-0.1, -0.05) is 0 Å². The monoisotopic (exact) mass is 910 g/mol. The molecule has 0 aliphatic heterocycles. The standard InChI is InChI=1S/2C22H25.C6H19BNSi2.2ClH.Zr/c2*1-4-9-17-10-6-7-12-20(17)21-13-8-11-18-14-19(15-22(18)21)16(3)5-2;1-9(2,3)8(7)10(4,5)6;;;/h2*6-8,10-16H,4-5,9H2,1-3H3;7H,1-6H3;2*1H;/q;;+1;;;+1/p-2. The minimum absolute atomic E-state index is 0.00680. The first-order chi connectivity index (χ1) is 26.9. The second-order valence-electron chi connectivity index (χ2n) is 19.5. The summed E-state index contributed by atoms with van der Waals surface area (Å²) in [5, 5.41) is 0. The Balaban J connectivity index is 1.72. The number of rotatable bonds is 16. The predicted molar refractivity (Wildman–Crippen MR) is 259 cm³/mol. The number of halogens is 2. The Kier molecular flexibility index (Phi) is 13.6. The molecule has 4 aromatic rings. The molecule has 1 nitrogen and oxygen atoms in total. The number of allylic oxidation sites excluding steroid dienone is 2. The summed E-state index contributed by atoms with van der Waals surface area (Å²) in [6.45, 7) is 29.3. The van der Waals surface area contributed by atoms with Crippen molar-refractivity contribution in [2.75, 3.05) is 0 Å². The molecule has 0 aromatic heterocycles. The van der Waals surface area contributed by atoms with E-state index in [4.69, 9.17) is 0 Å². The Morgan fingerprint density at radius 2 is 0.930 bits per heavy atom. The van der Waals surface area contributed by atoms with E-state index in [1.165, 1.54) is 66.8 Å². The van der Waals surface area contributed by atoms with Gasteiger partial charge in [-0.25, -0.2) is 0 Å². The summed E-state index contributed by atoms with van der Waals surface area (Å²) in [5.74, 6) is 0.700. The topological polar surface area (TPSA) is 3.24 Å². The van der Waals surface area contributed by atoms with Crippen LogP contribution in [-0.2, 0) is 29.0 Å². The van der Waals surface area contributed by atoms with Crippen molar-refractivity contribution in [2.24, 2.45) is 11.8 Å². The first-order valence-electron chi connectivity index (χ1n) is 22.1. The van der Waals surface area contributed by atoms with Crippen LogP contribution in [0.15, 0.2) is 96.1 Å². The maximum absolute atomic E-state index is 9.32. The molecule has 4 aromatic carbocycles. The van der Waals surface area contributed by atoms with E-state index in [1.54, 1.807) is 0 Å². The van der Waals surface area contributed by atoms with Gasteiger partial charge >= 0.3 is 361 Å². The molecule has 0 fully saturated rings. The zero-order valence-corrected chi connectivity index (χ0v) is 43.2. The molecule has 0 spiro atoms. The Bertz CT molecular complexity index is 2020. The minimum atomic E-state index is -5.39. The third kappa shape index (κ3) is 8.48. The van der Waals surface area contributed by atoms with Crippen LogP contribution < -0.4 is 0 Å². The number of hydrogen-bond donors (Lipinski definition) is 0. The van der Waals surface area contributed by atoms with Crippen molar-refractivity contribution in [1.82, 2.24) is 4.14 Å². The van der Waals surface area contributed by atoms with Gasteiger partial charge < -0.3 is 0 Å². The van der Waals surface area contributed by atoms with Crippen LogP contribution in [0.25, 0.3) is 34.4 Å². The van der Waals surface area contributed by atoms with Crippen molar-refractivity contribution in [3.8, 4) is 22.3 Å². The van der Waals surface area contributed by atoms with Crippen LogP contribution in [0.5, 0.6) is 0 Å². The zero-order chi connectivity index (χ0) is 41.5. The normalized spacial score (nSPS) is 18.7. The summed E-state index contributed by atoms with van der Waals surface area (Å²) in [4.78, 5) is 0.818. The Hall–Kier alpha value is -1.72. The average Bonchev–Trinajstić information content (AvgIpc) is 3.78. The van der Waals surface area contributed by atoms with Crippen molar-refractivity contribution in [3.63, 3.8) is 0 Å². The fraction of sp³-hybridized carbons (Fsp3) is 0.440. The molecule has 7 heteroatoms. The Morgan fingerprint density at radius 3 is 1.28 bits per heavy atom. The van der Waals surface area contributed by atoms with Gasteiger partial charge in [-0.05, 0) is 0 Å². The molecular formula is C50H69BCl2NSi2Zr. The average molecular weight is 913 g/mol. The van der Waals surface area contributed by atoms with Gasteiger partial charge in [0.25, 0.3) is 0 Å². The number of fused-ring (bicyclic) bond motifs is 2.